The summed E-state index contributed by atoms with van der Waals surface area (Å²) in [5, 5.41) is 3.09. The minimum atomic E-state index is -0.601. The normalized spacial score (nSPS) is 17.9. The fraction of sp³-hybridized carbons (Fsp3) is 0.579. The van der Waals surface area contributed by atoms with Crippen LogP contribution in [0.3, 0.4) is 0 Å². The fourth-order valence-electron chi connectivity index (χ4n) is 3.14. The average Bonchev–Trinajstić information content (AvgIpc) is 2.68. The molecule has 1 aromatic rings. The molecule has 0 saturated carbocycles. The fourth-order valence-corrected chi connectivity index (χ4v) is 3.14. The van der Waals surface area contributed by atoms with Gasteiger partial charge in [0.1, 0.15) is 6.04 Å². The lowest BCUT2D eigenvalue weighted by atomic mass is 9.95. The van der Waals surface area contributed by atoms with Gasteiger partial charge in [-0.25, -0.2) is 4.79 Å². The van der Waals surface area contributed by atoms with Gasteiger partial charge in [-0.3, -0.25) is 4.79 Å². The summed E-state index contributed by atoms with van der Waals surface area (Å²) < 4.78 is 21.1. The number of nitrogens with one attached hydrogen (secondary N) is 1. The molecule has 0 bridgehead atoms. The van der Waals surface area contributed by atoms with E-state index in [0.29, 0.717) is 35.7 Å². The summed E-state index contributed by atoms with van der Waals surface area (Å²) in [5.41, 5.74) is 0.649. The first-order valence-electron chi connectivity index (χ1n) is 8.84. The minimum Gasteiger partial charge on any atom is -0.493 e. The van der Waals surface area contributed by atoms with Crippen molar-refractivity contribution in [3.8, 4) is 17.2 Å². The van der Waals surface area contributed by atoms with Crippen LogP contribution in [-0.4, -0.2) is 45.9 Å². The molecule has 2 rings (SSSR count). The average molecular weight is 365 g/mol. The summed E-state index contributed by atoms with van der Waals surface area (Å²) in [5.74, 6) is -0.331. The number of hydrogen-bond donors (Lipinski definition) is 1. The Balaban J connectivity index is 2.21. The van der Waals surface area contributed by atoms with Crippen molar-refractivity contribution in [1.82, 2.24) is 5.32 Å². The van der Waals surface area contributed by atoms with Crippen LogP contribution in [0.15, 0.2) is 12.1 Å². The molecule has 1 saturated heterocycles. The highest BCUT2D eigenvalue weighted by Crippen LogP contribution is 2.40. The molecule has 0 radical (unpaired) electrons. The van der Waals surface area contributed by atoms with Crippen LogP contribution in [0, 0.1) is 0 Å². The van der Waals surface area contributed by atoms with Crippen LogP contribution in [0.4, 0.5) is 0 Å². The van der Waals surface area contributed by atoms with E-state index in [1.165, 1.54) is 21.3 Å². The standard InChI is InChI=1S/C19H27NO6/c1-5-13(18(21)26-19(22)14-8-6-7-9-20-14)12-10-15(23-2)17(25-4)16(11-12)24-3/h10-11,13-14,20H,5-9H2,1-4H3/t13-,14?/m0/s1. The molecule has 0 aliphatic carbocycles. The second kappa shape index (κ2) is 9.43. The zero-order valence-corrected chi connectivity index (χ0v) is 15.8. The van der Waals surface area contributed by atoms with Crippen molar-refractivity contribution in [2.75, 3.05) is 27.9 Å². The number of methoxy groups -OCH3 is 3. The van der Waals surface area contributed by atoms with Gasteiger partial charge in [-0.05, 0) is 43.5 Å². The van der Waals surface area contributed by atoms with Gasteiger partial charge in [0.25, 0.3) is 0 Å². The first-order valence-corrected chi connectivity index (χ1v) is 8.84. The highest BCUT2D eigenvalue weighted by molar-refractivity contribution is 5.91. The lowest BCUT2D eigenvalue weighted by Gasteiger charge is -2.23. The van der Waals surface area contributed by atoms with Crippen molar-refractivity contribution < 1.29 is 28.5 Å². The second-order valence-electron chi connectivity index (χ2n) is 6.16. The van der Waals surface area contributed by atoms with Crippen molar-refractivity contribution in [2.45, 2.75) is 44.6 Å². The molecule has 1 aromatic carbocycles. The number of benzene rings is 1. The number of ether oxygens (including phenoxy) is 4. The van der Waals surface area contributed by atoms with Crippen LogP contribution in [0.5, 0.6) is 17.2 Å². The topological polar surface area (TPSA) is 83.1 Å². The number of piperidine rings is 1. The highest BCUT2D eigenvalue weighted by Gasteiger charge is 2.29. The third kappa shape index (κ3) is 4.46. The van der Waals surface area contributed by atoms with E-state index in [9.17, 15) is 9.59 Å². The molecule has 26 heavy (non-hydrogen) atoms. The zero-order chi connectivity index (χ0) is 19.1. The number of esters is 2. The number of hydrogen-bond acceptors (Lipinski definition) is 7. The number of rotatable bonds is 7. The summed E-state index contributed by atoms with van der Waals surface area (Å²) in [7, 11) is 4.54. The van der Waals surface area contributed by atoms with Crippen LogP contribution in [0.2, 0.25) is 0 Å². The second-order valence-corrected chi connectivity index (χ2v) is 6.16. The van der Waals surface area contributed by atoms with Gasteiger partial charge in [-0.2, -0.15) is 0 Å². The molecule has 1 N–H and O–H groups in total. The van der Waals surface area contributed by atoms with Crippen LogP contribution >= 0.6 is 0 Å². The molecule has 0 amide bonds. The van der Waals surface area contributed by atoms with Gasteiger partial charge in [0.2, 0.25) is 5.75 Å². The Morgan fingerprint density at radius 3 is 2.23 bits per heavy atom. The highest BCUT2D eigenvalue weighted by atomic mass is 16.6. The van der Waals surface area contributed by atoms with E-state index >= 15 is 0 Å². The molecule has 0 spiro atoms. The van der Waals surface area contributed by atoms with E-state index in [4.69, 9.17) is 18.9 Å². The maximum atomic E-state index is 12.6. The third-order valence-corrected chi connectivity index (χ3v) is 4.58. The van der Waals surface area contributed by atoms with Crippen molar-refractivity contribution in [2.24, 2.45) is 0 Å². The van der Waals surface area contributed by atoms with Crippen molar-refractivity contribution in [3.63, 3.8) is 0 Å². The van der Waals surface area contributed by atoms with Gasteiger partial charge in [-0.15, -0.1) is 0 Å². The molecule has 1 aliphatic heterocycles. The van der Waals surface area contributed by atoms with Crippen molar-refractivity contribution >= 4 is 11.9 Å². The van der Waals surface area contributed by atoms with Gasteiger partial charge in [0.15, 0.2) is 11.5 Å². The van der Waals surface area contributed by atoms with E-state index in [2.05, 4.69) is 5.32 Å². The Morgan fingerprint density at radius 2 is 1.77 bits per heavy atom. The van der Waals surface area contributed by atoms with Gasteiger partial charge in [0.05, 0.1) is 27.2 Å². The van der Waals surface area contributed by atoms with E-state index in [0.717, 1.165) is 19.4 Å². The predicted molar refractivity (Wildman–Crippen MR) is 95.9 cm³/mol. The Hall–Kier alpha value is -2.28. The molecule has 2 atom stereocenters. The van der Waals surface area contributed by atoms with Gasteiger partial charge < -0.3 is 24.3 Å². The number of carbonyl (C=O) groups excluding carboxylic acids is 2. The Bertz CT molecular complexity index is 614. The molecule has 1 unspecified atom stereocenters. The third-order valence-electron chi connectivity index (χ3n) is 4.58. The first kappa shape index (κ1) is 20.0. The Labute approximate surface area is 153 Å². The zero-order valence-electron chi connectivity index (χ0n) is 15.8. The van der Waals surface area contributed by atoms with E-state index < -0.39 is 23.9 Å². The minimum absolute atomic E-state index is 0.412. The smallest absolute Gasteiger partial charge is 0.330 e. The lowest BCUT2D eigenvalue weighted by Crippen LogP contribution is -2.42. The molecular formula is C19H27NO6. The summed E-state index contributed by atoms with van der Waals surface area (Å²) >= 11 is 0. The summed E-state index contributed by atoms with van der Waals surface area (Å²) in [4.78, 5) is 24.8. The van der Waals surface area contributed by atoms with E-state index in [-0.39, 0.29) is 0 Å². The van der Waals surface area contributed by atoms with Crippen molar-refractivity contribution in [1.29, 1.82) is 0 Å². The van der Waals surface area contributed by atoms with Gasteiger partial charge in [0, 0.05) is 0 Å². The van der Waals surface area contributed by atoms with Crippen molar-refractivity contribution in [3.05, 3.63) is 17.7 Å². The first-order chi connectivity index (χ1) is 12.5. The molecule has 1 fully saturated rings. The molecule has 7 nitrogen and oxygen atoms in total. The van der Waals surface area contributed by atoms with Crippen LogP contribution in [0.25, 0.3) is 0 Å². The molecule has 1 aliphatic rings. The van der Waals surface area contributed by atoms with Crippen LogP contribution < -0.4 is 19.5 Å². The SMILES string of the molecule is CC[C@H](C(=O)OC(=O)C1CCCCN1)c1cc(OC)c(OC)c(OC)c1. The number of carbonyl (C=O) groups is 2. The quantitative estimate of drug-likeness (QED) is 0.587. The van der Waals surface area contributed by atoms with Crippen LogP contribution in [-0.2, 0) is 14.3 Å². The maximum Gasteiger partial charge on any atom is 0.330 e. The lowest BCUT2D eigenvalue weighted by molar-refractivity contribution is -0.162. The predicted octanol–water partition coefficient (Wildman–Crippen LogP) is 2.42. The van der Waals surface area contributed by atoms with Gasteiger partial charge >= 0.3 is 11.9 Å². The molecular weight excluding hydrogens is 338 g/mol. The largest absolute Gasteiger partial charge is 0.493 e. The summed E-state index contributed by atoms with van der Waals surface area (Å²) in [6.07, 6.45) is 3.14. The van der Waals surface area contributed by atoms with Gasteiger partial charge in [-0.1, -0.05) is 13.3 Å². The summed E-state index contributed by atoms with van der Waals surface area (Å²) in [6, 6.07) is 3.00. The monoisotopic (exact) mass is 365 g/mol. The Morgan fingerprint density at radius 1 is 1.12 bits per heavy atom. The Kier molecular flexibility index (Phi) is 7.26. The molecule has 0 aromatic heterocycles. The van der Waals surface area contributed by atoms with E-state index in [1.807, 2.05) is 6.92 Å². The van der Waals surface area contributed by atoms with E-state index in [1.54, 1.807) is 12.1 Å². The molecule has 7 heteroatoms. The van der Waals surface area contributed by atoms with Crippen LogP contribution in [0.1, 0.15) is 44.1 Å². The molecule has 144 valence electrons. The summed E-state index contributed by atoms with van der Waals surface area (Å²) in [6.45, 7) is 2.62. The maximum absolute atomic E-state index is 12.6. The molecule has 1 heterocycles.